The summed E-state index contributed by atoms with van der Waals surface area (Å²) in [7, 11) is 2.03. The Hall–Kier alpha value is -2.46. The van der Waals surface area contributed by atoms with Crippen LogP contribution < -0.4 is 0 Å². The van der Waals surface area contributed by atoms with Gasteiger partial charge >= 0.3 is 30.3 Å². The second-order valence-corrected chi connectivity index (χ2v) is 8.70. The van der Waals surface area contributed by atoms with Crippen LogP contribution in [0, 0.1) is 11.3 Å². The molecule has 0 aliphatic carbocycles. The number of carboxylic acid groups (broad SMARTS) is 3. The van der Waals surface area contributed by atoms with Crippen molar-refractivity contribution in [3.05, 3.63) is 16.6 Å². The minimum atomic E-state index is -5.08. The molecule has 0 aromatic carbocycles. The zero-order chi connectivity index (χ0) is 26.3. The third kappa shape index (κ3) is 8.72. The van der Waals surface area contributed by atoms with Gasteiger partial charge in [0.05, 0.1) is 12.0 Å². The van der Waals surface area contributed by atoms with E-state index in [-0.39, 0.29) is 5.92 Å². The van der Waals surface area contributed by atoms with Gasteiger partial charge in [0.15, 0.2) is 0 Å². The Morgan fingerprint density at radius 2 is 1.62 bits per heavy atom. The summed E-state index contributed by atoms with van der Waals surface area (Å²) < 4.78 is 63.5. The van der Waals surface area contributed by atoms with Crippen molar-refractivity contribution in [1.29, 1.82) is 0 Å². The summed E-state index contributed by atoms with van der Waals surface area (Å²) in [5.74, 6) is -5.89. The molecule has 2 saturated heterocycles. The monoisotopic (exact) mass is 523 g/mol. The maximum atomic E-state index is 11.8. The second kappa shape index (κ2) is 11.8. The minimum absolute atomic E-state index is 0.229. The normalized spacial score (nSPS) is 23.4. The molecule has 1 aromatic rings. The first-order chi connectivity index (χ1) is 15.5. The third-order valence-corrected chi connectivity index (χ3v) is 5.96. The highest BCUT2D eigenvalue weighted by Gasteiger charge is 2.52. The third-order valence-electron chi connectivity index (χ3n) is 5.19. The molecular formula is C18H23F6N3O6S. The van der Waals surface area contributed by atoms with Crippen LogP contribution in [0.5, 0.6) is 0 Å². The van der Waals surface area contributed by atoms with E-state index in [0.29, 0.717) is 6.54 Å². The molecule has 0 radical (unpaired) electrons. The summed E-state index contributed by atoms with van der Waals surface area (Å²) in [6.45, 7) is 4.29. The molecule has 16 heteroatoms. The summed E-state index contributed by atoms with van der Waals surface area (Å²) in [6, 6.07) is 0. The first-order valence-electron chi connectivity index (χ1n) is 9.62. The van der Waals surface area contributed by atoms with Crippen LogP contribution in [-0.4, -0.2) is 93.6 Å². The Balaban J connectivity index is 0.000000343. The van der Waals surface area contributed by atoms with Crippen molar-refractivity contribution in [2.24, 2.45) is 11.3 Å². The SMILES string of the molecule is CN1C[C@@H]2CN(Cc3nccs3)CCC[C@]2(C(=O)O)C1.O=C(O)C(F)(F)F.O=C(O)C(F)(F)F. The number of carboxylic acids is 3. The topological polar surface area (TPSA) is 131 Å². The summed E-state index contributed by atoms with van der Waals surface area (Å²) in [5, 5.41) is 27.1. The summed E-state index contributed by atoms with van der Waals surface area (Å²) in [6.07, 6.45) is -6.57. The van der Waals surface area contributed by atoms with Crippen LogP contribution in [0.3, 0.4) is 0 Å². The molecule has 3 N–H and O–H groups in total. The standard InChI is InChI=1S/C14H21N3O2S.2C2HF3O2/c1-16-7-11-8-17(9-12-15-4-6-20-12)5-2-3-14(11,10-16)13(18)19;2*3-2(4,5)1(6)7/h4,6,11H,2-3,5,7-10H2,1H3,(H,18,19);2*(H,6,7)/t11-,14+;;/m1../s1. The lowest BCUT2D eigenvalue weighted by Gasteiger charge is -2.29. The lowest BCUT2D eigenvalue weighted by molar-refractivity contribution is -0.193. The number of fused-ring (bicyclic) bond motifs is 1. The van der Waals surface area contributed by atoms with Crippen LogP contribution in [0.1, 0.15) is 17.8 Å². The summed E-state index contributed by atoms with van der Waals surface area (Å²) >= 11 is 1.68. The van der Waals surface area contributed by atoms with Crippen molar-refractivity contribution >= 4 is 29.2 Å². The number of aromatic nitrogens is 1. The zero-order valence-corrected chi connectivity index (χ0v) is 18.6. The van der Waals surface area contributed by atoms with Gasteiger partial charge in [0.2, 0.25) is 0 Å². The van der Waals surface area contributed by atoms with E-state index < -0.39 is 35.7 Å². The van der Waals surface area contributed by atoms with Gasteiger partial charge in [-0.25, -0.2) is 14.6 Å². The summed E-state index contributed by atoms with van der Waals surface area (Å²) in [4.78, 5) is 38.5. The van der Waals surface area contributed by atoms with E-state index >= 15 is 0 Å². The molecule has 0 saturated carbocycles. The smallest absolute Gasteiger partial charge is 0.481 e. The molecule has 0 unspecified atom stereocenters. The van der Waals surface area contributed by atoms with Gasteiger partial charge in [-0.3, -0.25) is 9.69 Å². The fourth-order valence-electron chi connectivity index (χ4n) is 3.78. The molecule has 194 valence electrons. The molecular weight excluding hydrogens is 500 g/mol. The van der Waals surface area contributed by atoms with Crippen LogP contribution in [-0.2, 0) is 20.9 Å². The number of rotatable bonds is 3. The van der Waals surface area contributed by atoms with Crippen LogP contribution >= 0.6 is 11.3 Å². The number of hydrogen-bond donors (Lipinski definition) is 3. The Morgan fingerprint density at radius 1 is 1.09 bits per heavy atom. The highest BCUT2D eigenvalue weighted by atomic mass is 32.1. The first-order valence-corrected chi connectivity index (χ1v) is 10.5. The predicted molar refractivity (Wildman–Crippen MR) is 105 cm³/mol. The number of nitrogens with zero attached hydrogens (tertiary/aromatic N) is 3. The molecule has 0 spiro atoms. The molecule has 2 atom stereocenters. The Labute approximate surface area is 193 Å². The Kier molecular flexibility index (Phi) is 10.3. The highest BCUT2D eigenvalue weighted by molar-refractivity contribution is 7.09. The van der Waals surface area contributed by atoms with E-state index in [1.165, 1.54) is 0 Å². The first kappa shape index (κ1) is 29.6. The van der Waals surface area contributed by atoms with Crippen LogP contribution in [0.4, 0.5) is 26.3 Å². The Bertz CT molecular complexity index is 811. The lowest BCUT2D eigenvalue weighted by Crippen LogP contribution is -2.41. The molecule has 3 heterocycles. The number of aliphatic carboxylic acids is 3. The Morgan fingerprint density at radius 3 is 2.03 bits per heavy atom. The van der Waals surface area contributed by atoms with Gasteiger partial charge in [-0.05, 0) is 26.4 Å². The van der Waals surface area contributed by atoms with Crippen molar-refractivity contribution in [3.63, 3.8) is 0 Å². The maximum Gasteiger partial charge on any atom is 0.490 e. The van der Waals surface area contributed by atoms with Gasteiger partial charge < -0.3 is 20.2 Å². The average Bonchev–Trinajstić information content (AvgIpc) is 3.25. The van der Waals surface area contributed by atoms with E-state index in [1.807, 2.05) is 18.6 Å². The molecule has 0 amide bonds. The number of halogens is 6. The van der Waals surface area contributed by atoms with Crippen molar-refractivity contribution < 1.29 is 56.0 Å². The second-order valence-electron chi connectivity index (χ2n) is 7.73. The molecule has 0 bridgehead atoms. The van der Waals surface area contributed by atoms with Crippen LogP contribution in [0.25, 0.3) is 0 Å². The van der Waals surface area contributed by atoms with Crippen molar-refractivity contribution in [2.45, 2.75) is 31.7 Å². The molecule has 3 rings (SSSR count). The van der Waals surface area contributed by atoms with Gasteiger partial charge in [-0.15, -0.1) is 11.3 Å². The summed E-state index contributed by atoms with van der Waals surface area (Å²) in [5.41, 5.74) is -0.535. The van der Waals surface area contributed by atoms with Crippen molar-refractivity contribution in [3.8, 4) is 0 Å². The van der Waals surface area contributed by atoms with E-state index in [4.69, 9.17) is 19.8 Å². The predicted octanol–water partition coefficient (Wildman–Crippen LogP) is 2.64. The molecule has 1 aromatic heterocycles. The number of hydrogen-bond acceptors (Lipinski definition) is 7. The lowest BCUT2D eigenvalue weighted by atomic mass is 9.75. The quantitative estimate of drug-likeness (QED) is 0.512. The van der Waals surface area contributed by atoms with E-state index in [2.05, 4.69) is 14.8 Å². The number of alkyl halides is 6. The fourth-order valence-corrected chi connectivity index (χ4v) is 4.44. The van der Waals surface area contributed by atoms with Gasteiger partial charge in [0.25, 0.3) is 0 Å². The number of thiazole rings is 1. The largest absolute Gasteiger partial charge is 0.490 e. The molecule has 2 aliphatic heterocycles. The van der Waals surface area contributed by atoms with Gasteiger partial charge in [0, 0.05) is 37.1 Å². The van der Waals surface area contributed by atoms with Gasteiger partial charge in [-0.1, -0.05) is 0 Å². The van der Waals surface area contributed by atoms with Crippen LogP contribution in [0.15, 0.2) is 11.6 Å². The van der Waals surface area contributed by atoms with E-state index in [1.54, 1.807) is 11.3 Å². The van der Waals surface area contributed by atoms with E-state index in [9.17, 15) is 36.2 Å². The number of likely N-dealkylation sites (tertiary alicyclic amines) is 2. The average molecular weight is 523 g/mol. The minimum Gasteiger partial charge on any atom is -0.481 e. The highest BCUT2D eigenvalue weighted by Crippen LogP contribution is 2.42. The maximum absolute atomic E-state index is 11.8. The van der Waals surface area contributed by atoms with Gasteiger partial charge in [0.1, 0.15) is 5.01 Å². The molecule has 9 nitrogen and oxygen atoms in total. The van der Waals surface area contributed by atoms with Crippen molar-refractivity contribution in [1.82, 2.24) is 14.8 Å². The molecule has 2 fully saturated rings. The zero-order valence-electron chi connectivity index (χ0n) is 17.8. The molecule has 2 aliphatic rings. The van der Waals surface area contributed by atoms with Crippen LogP contribution in [0.2, 0.25) is 0 Å². The number of carbonyl (C=O) groups is 3. The molecule has 34 heavy (non-hydrogen) atoms. The van der Waals surface area contributed by atoms with Crippen molar-refractivity contribution in [2.75, 3.05) is 33.2 Å². The fraction of sp³-hybridized carbons (Fsp3) is 0.667. The van der Waals surface area contributed by atoms with Gasteiger partial charge in [-0.2, -0.15) is 26.3 Å². The van der Waals surface area contributed by atoms with E-state index in [0.717, 1.165) is 44.0 Å².